The normalized spacial score (nSPS) is 15.1. The molecule has 36 heavy (non-hydrogen) atoms. The highest BCUT2D eigenvalue weighted by molar-refractivity contribution is 5.84. The molecule has 1 saturated carbocycles. The molecule has 0 radical (unpaired) electrons. The van der Waals surface area contributed by atoms with Crippen molar-refractivity contribution in [1.29, 1.82) is 0 Å². The van der Waals surface area contributed by atoms with Crippen LogP contribution < -0.4 is 21.3 Å². The van der Waals surface area contributed by atoms with Crippen LogP contribution in [0.3, 0.4) is 0 Å². The van der Waals surface area contributed by atoms with Crippen molar-refractivity contribution >= 4 is 16.7 Å². The van der Waals surface area contributed by atoms with Crippen LogP contribution in [0.5, 0.6) is 0 Å². The summed E-state index contributed by atoms with van der Waals surface area (Å²) in [5.74, 6) is -0.0126. The Morgan fingerprint density at radius 3 is 2.39 bits per heavy atom. The number of pyridine rings is 1. The Hall–Kier alpha value is -2.80. The molecule has 1 aliphatic rings. The van der Waals surface area contributed by atoms with Crippen LogP contribution in [0.15, 0.2) is 60.8 Å². The van der Waals surface area contributed by atoms with Crippen molar-refractivity contribution in [1.82, 2.24) is 26.3 Å². The molecule has 0 saturated heterocycles. The van der Waals surface area contributed by atoms with Crippen molar-refractivity contribution in [3.05, 3.63) is 77.6 Å². The summed E-state index contributed by atoms with van der Waals surface area (Å²) >= 11 is 0. The van der Waals surface area contributed by atoms with Crippen LogP contribution in [0.2, 0.25) is 0 Å². The predicted molar refractivity (Wildman–Crippen MR) is 148 cm³/mol. The molecular formula is C30H41N5O. The van der Waals surface area contributed by atoms with E-state index in [1.165, 1.54) is 48.4 Å². The van der Waals surface area contributed by atoms with Gasteiger partial charge >= 0.3 is 0 Å². The molecule has 1 amide bonds. The molecule has 4 N–H and O–H groups in total. The minimum absolute atomic E-state index is 0.0126. The van der Waals surface area contributed by atoms with Crippen LogP contribution in [0, 0.1) is 0 Å². The van der Waals surface area contributed by atoms with Crippen molar-refractivity contribution in [2.75, 3.05) is 13.1 Å². The molecule has 0 bridgehead atoms. The van der Waals surface area contributed by atoms with Crippen LogP contribution in [0.25, 0.3) is 10.8 Å². The molecule has 3 aromatic rings. The number of carbonyl (C=O) groups excluding carboxylic acids is 1. The number of hydrogen-bond donors (Lipinski definition) is 4. The van der Waals surface area contributed by atoms with Gasteiger partial charge in [-0.05, 0) is 85.4 Å². The highest BCUT2D eigenvalue weighted by atomic mass is 16.2. The summed E-state index contributed by atoms with van der Waals surface area (Å²) in [5.41, 5.74) is 3.33. The minimum Gasteiger partial charge on any atom is -0.351 e. The fourth-order valence-corrected chi connectivity index (χ4v) is 4.82. The van der Waals surface area contributed by atoms with Gasteiger partial charge < -0.3 is 21.3 Å². The van der Waals surface area contributed by atoms with Gasteiger partial charge in [-0.3, -0.25) is 9.78 Å². The zero-order valence-corrected chi connectivity index (χ0v) is 21.6. The van der Waals surface area contributed by atoms with Gasteiger partial charge in [0, 0.05) is 31.9 Å². The average Bonchev–Trinajstić information content (AvgIpc) is 2.93. The number of carbonyl (C=O) groups is 1. The third-order valence-electron chi connectivity index (χ3n) is 7.04. The van der Waals surface area contributed by atoms with E-state index in [9.17, 15) is 4.79 Å². The smallest absolute Gasteiger partial charge is 0.237 e. The molecule has 1 aromatic heterocycles. The Kier molecular flexibility index (Phi) is 10.3. The lowest BCUT2D eigenvalue weighted by Gasteiger charge is -2.22. The van der Waals surface area contributed by atoms with Gasteiger partial charge in [-0.2, -0.15) is 0 Å². The number of aromatic nitrogens is 1. The van der Waals surface area contributed by atoms with E-state index in [1.807, 2.05) is 25.1 Å². The Morgan fingerprint density at radius 1 is 0.917 bits per heavy atom. The van der Waals surface area contributed by atoms with E-state index < -0.39 is 0 Å². The van der Waals surface area contributed by atoms with Gasteiger partial charge in [0.25, 0.3) is 0 Å². The fraction of sp³-hybridized carbons (Fsp3) is 0.467. The average molecular weight is 488 g/mol. The van der Waals surface area contributed by atoms with Gasteiger partial charge in [0.2, 0.25) is 5.91 Å². The number of benzene rings is 2. The number of hydrogen-bond acceptors (Lipinski definition) is 5. The molecule has 0 unspecified atom stereocenters. The highest BCUT2D eigenvalue weighted by Crippen LogP contribution is 2.19. The van der Waals surface area contributed by atoms with E-state index in [4.69, 9.17) is 0 Å². The maximum absolute atomic E-state index is 12.5. The quantitative estimate of drug-likeness (QED) is 0.268. The topological polar surface area (TPSA) is 78.1 Å². The van der Waals surface area contributed by atoms with E-state index in [-0.39, 0.29) is 11.9 Å². The second-order valence-corrected chi connectivity index (χ2v) is 9.98. The summed E-state index contributed by atoms with van der Waals surface area (Å²) in [6, 6.07) is 19.3. The number of fused-ring (bicyclic) bond motifs is 1. The molecule has 6 nitrogen and oxygen atoms in total. The van der Waals surface area contributed by atoms with Gasteiger partial charge in [-0.25, -0.2) is 0 Å². The number of amides is 1. The number of rotatable bonds is 13. The highest BCUT2D eigenvalue weighted by Gasteiger charge is 2.13. The van der Waals surface area contributed by atoms with Gasteiger partial charge in [-0.1, -0.05) is 49.6 Å². The number of nitrogens with zero attached hydrogens (tertiary/aromatic N) is 1. The van der Waals surface area contributed by atoms with E-state index in [1.54, 1.807) is 6.20 Å². The summed E-state index contributed by atoms with van der Waals surface area (Å²) in [5, 5.41) is 16.0. The molecule has 1 heterocycles. The van der Waals surface area contributed by atoms with Crippen molar-refractivity contribution in [3.8, 4) is 0 Å². The first-order valence-corrected chi connectivity index (χ1v) is 13.5. The second-order valence-electron chi connectivity index (χ2n) is 9.98. The Labute approximate surface area is 215 Å². The van der Waals surface area contributed by atoms with Crippen molar-refractivity contribution in [2.45, 2.75) is 77.2 Å². The van der Waals surface area contributed by atoms with Crippen LogP contribution in [-0.2, 0) is 24.4 Å². The van der Waals surface area contributed by atoms with Crippen molar-refractivity contribution in [2.24, 2.45) is 0 Å². The first-order valence-electron chi connectivity index (χ1n) is 13.5. The molecule has 0 aliphatic heterocycles. The molecule has 2 aromatic carbocycles. The first-order chi connectivity index (χ1) is 17.7. The maximum Gasteiger partial charge on any atom is 0.237 e. The standard InChI is InChI=1S/C30H41N5O/c1-23(34-22-29-10-5-6-16-33-29)30(36)35-21-25-12-14-26-18-24(11-13-27(26)19-25)20-31-15-7-17-32-28-8-3-2-4-9-28/h5-6,10-14,16,18-19,23,28,31-32,34H,2-4,7-9,15,17,20-22H2,1H3,(H,35,36)/t23-/m0/s1. The molecule has 1 aliphatic carbocycles. The van der Waals surface area contributed by atoms with E-state index >= 15 is 0 Å². The summed E-state index contributed by atoms with van der Waals surface area (Å²) in [6.45, 7) is 5.99. The summed E-state index contributed by atoms with van der Waals surface area (Å²) in [6.07, 6.45) is 9.81. The maximum atomic E-state index is 12.5. The zero-order chi connectivity index (χ0) is 25.0. The van der Waals surface area contributed by atoms with Crippen LogP contribution in [0.1, 0.15) is 62.3 Å². The lowest BCUT2D eigenvalue weighted by molar-refractivity contribution is -0.122. The molecule has 1 fully saturated rings. The first kappa shape index (κ1) is 26.3. The van der Waals surface area contributed by atoms with Gasteiger partial charge in [0.05, 0.1) is 11.7 Å². The lowest BCUT2D eigenvalue weighted by Crippen LogP contribution is -2.41. The van der Waals surface area contributed by atoms with Crippen molar-refractivity contribution < 1.29 is 4.79 Å². The summed E-state index contributed by atoms with van der Waals surface area (Å²) in [7, 11) is 0. The summed E-state index contributed by atoms with van der Waals surface area (Å²) in [4.78, 5) is 16.8. The third-order valence-corrected chi connectivity index (χ3v) is 7.04. The monoisotopic (exact) mass is 487 g/mol. The molecule has 0 spiro atoms. The Balaban J connectivity index is 1.16. The van der Waals surface area contributed by atoms with E-state index in [0.29, 0.717) is 13.1 Å². The minimum atomic E-state index is -0.287. The fourth-order valence-electron chi connectivity index (χ4n) is 4.82. The Morgan fingerprint density at radius 2 is 1.67 bits per heavy atom. The third kappa shape index (κ3) is 8.40. The molecule has 1 atom stereocenters. The lowest BCUT2D eigenvalue weighted by atomic mass is 9.95. The SMILES string of the molecule is C[C@H](NCc1ccccn1)C(=O)NCc1ccc2cc(CNCCCNC3CCCCC3)ccc2c1. The predicted octanol–water partition coefficient (Wildman–Crippen LogP) is 4.43. The van der Waals surface area contributed by atoms with Gasteiger partial charge in [0.1, 0.15) is 0 Å². The van der Waals surface area contributed by atoms with Crippen LogP contribution in [0.4, 0.5) is 0 Å². The largest absolute Gasteiger partial charge is 0.351 e. The van der Waals surface area contributed by atoms with Gasteiger partial charge in [-0.15, -0.1) is 0 Å². The van der Waals surface area contributed by atoms with Crippen LogP contribution >= 0.6 is 0 Å². The van der Waals surface area contributed by atoms with E-state index in [2.05, 4.69) is 62.6 Å². The molecule has 6 heteroatoms. The van der Waals surface area contributed by atoms with E-state index in [0.717, 1.165) is 43.4 Å². The second kappa shape index (κ2) is 14.1. The molecular weight excluding hydrogens is 446 g/mol. The molecule has 192 valence electrons. The van der Waals surface area contributed by atoms with Crippen molar-refractivity contribution in [3.63, 3.8) is 0 Å². The molecule has 4 rings (SSSR count). The van der Waals surface area contributed by atoms with Gasteiger partial charge in [0.15, 0.2) is 0 Å². The Bertz CT molecular complexity index is 1080. The number of nitrogens with one attached hydrogen (secondary N) is 4. The van der Waals surface area contributed by atoms with Crippen LogP contribution in [-0.4, -0.2) is 36.1 Å². The zero-order valence-electron chi connectivity index (χ0n) is 21.6. The summed E-state index contributed by atoms with van der Waals surface area (Å²) < 4.78 is 0.